The van der Waals surface area contributed by atoms with Crippen LogP contribution in [-0.2, 0) is 0 Å². The lowest BCUT2D eigenvalue weighted by Gasteiger charge is -2.37. The van der Waals surface area contributed by atoms with Gasteiger partial charge >= 0.3 is 0 Å². The van der Waals surface area contributed by atoms with Gasteiger partial charge in [-0.05, 0) is 61.5 Å². The summed E-state index contributed by atoms with van der Waals surface area (Å²) in [5.74, 6) is 0.323. The average molecular weight is 295 g/mol. The molecule has 1 aromatic rings. The summed E-state index contributed by atoms with van der Waals surface area (Å²) in [5, 5.41) is 3.00. The largest absolute Gasteiger partial charge is 0.380 e. The molecule has 0 saturated heterocycles. The van der Waals surface area contributed by atoms with Gasteiger partial charge in [0.05, 0.1) is 0 Å². The first kappa shape index (κ1) is 16.3. The van der Waals surface area contributed by atoms with Crippen molar-refractivity contribution in [1.29, 1.82) is 0 Å². The van der Waals surface area contributed by atoms with E-state index in [0.717, 1.165) is 18.8 Å². The zero-order valence-electron chi connectivity index (χ0n) is 13.6. The minimum absolute atomic E-state index is 0.0351. The molecule has 0 unspecified atom stereocenters. The third-order valence-corrected chi connectivity index (χ3v) is 4.92. The SMILES string of the molecule is Cc1ccc(F)c(NCC2CCC(C(C)(C)C)CC2)c1F. The summed E-state index contributed by atoms with van der Waals surface area (Å²) in [7, 11) is 0. The molecule has 3 heteroatoms. The van der Waals surface area contributed by atoms with Crippen LogP contribution in [0.2, 0.25) is 0 Å². The fourth-order valence-corrected chi connectivity index (χ4v) is 3.30. The number of rotatable bonds is 3. The monoisotopic (exact) mass is 295 g/mol. The van der Waals surface area contributed by atoms with E-state index in [1.165, 1.54) is 25.0 Å². The van der Waals surface area contributed by atoms with E-state index in [9.17, 15) is 8.78 Å². The van der Waals surface area contributed by atoms with Crippen LogP contribution >= 0.6 is 0 Å². The Balaban J connectivity index is 1.90. The molecule has 21 heavy (non-hydrogen) atoms. The fourth-order valence-electron chi connectivity index (χ4n) is 3.30. The number of benzene rings is 1. The summed E-state index contributed by atoms with van der Waals surface area (Å²) >= 11 is 0. The molecule has 0 aliphatic heterocycles. The molecule has 0 radical (unpaired) electrons. The van der Waals surface area contributed by atoms with Gasteiger partial charge in [0.2, 0.25) is 0 Å². The molecule has 1 nitrogen and oxygen atoms in total. The normalized spacial score (nSPS) is 23.1. The maximum Gasteiger partial charge on any atom is 0.152 e. The third kappa shape index (κ3) is 3.96. The van der Waals surface area contributed by atoms with Crippen LogP contribution in [0.5, 0.6) is 0 Å². The summed E-state index contributed by atoms with van der Waals surface area (Å²) in [4.78, 5) is 0. The van der Waals surface area contributed by atoms with Crippen LogP contribution in [0.3, 0.4) is 0 Å². The summed E-state index contributed by atoms with van der Waals surface area (Å²) in [6.45, 7) is 9.22. The van der Waals surface area contributed by atoms with Crippen molar-refractivity contribution in [2.75, 3.05) is 11.9 Å². The van der Waals surface area contributed by atoms with Gasteiger partial charge in [-0.25, -0.2) is 8.78 Å². The van der Waals surface area contributed by atoms with Gasteiger partial charge in [-0.3, -0.25) is 0 Å². The molecule has 0 spiro atoms. The first-order valence-corrected chi connectivity index (χ1v) is 7.97. The Hall–Kier alpha value is -1.12. The van der Waals surface area contributed by atoms with Crippen LogP contribution < -0.4 is 5.32 Å². The van der Waals surface area contributed by atoms with Crippen LogP contribution in [-0.4, -0.2) is 6.54 Å². The Morgan fingerprint density at radius 2 is 1.71 bits per heavy atom. The second kappa shape index (κ2) is 6.33. The van der Waals surface area contributed by atoms with Gasteiger partial charge in [0.25, 0.3) is 0 Å². The first-order valence-electron chi connectivity index (χ1n) is 7.97. The van der Waals surface area contributed by atoms with Crippen LogP contribution in [0.1, 0.15) is 52.0 Å². The number of hydrogen-bond acceptors (Lipinski definition) is 1. The molecule has 1 N–H and O–H groups in total. The molecule has 1 aliphatic carbocycles. The Labute approximate surface area is 127 Å². The number of aryl methyl sites for hydroxylation is 1. The Morgan fingerprint density at radius 1 is 1.10 bits per heavy atom. The van der Waals surface area contributed by atoms with E-state index < -0.39 is 11.6 Å². The molecule has 2 rings (SSSR count). The van der Waals surface area contributed by atoms with E-state index in [1.807, 2.05) is 0 Å². The molecule has 1 aromatic carbocycles. The Kier molecular flexibility index (Phi) is 4.90. The summed E-state index contributed by atoms with van der Waals surface area (Å²) in [6.07, 6.45) is 4.72. The number of nitrogens with one attached hydrogen (secondary N) is 1. The predicted molar refractivity (Wildman–Crippen MR) is 84.5 cm³/mol. The van der Waals surface area contributed by atoms with Crippen LogP contribution in [0.4, 0.5) is 14.5 Å². The minimum atomic E-state index is -0.499. The first-order chi connectivity index (χ1) is 9.79. The van der Waals surface area contributed by atoms with Gasteiger partial charge < -0.3 is 5.32 Å². The van der Waals surface area contributed by atoms with Crippen molar-refractivity contribution in [3.05, 3.63) is 29.3 Å². The smallest absolute Gasteiger partial charge is 0.152 e. The van der Waals surface area contributed by atoms with Crippen LogP contribution in [0.25, 0.3) is 0 Å². The van der Waals surface area contributed by atoms with Crippen molar-refractivity contribution >= 4 is 5.69 Å². The highest BCUT2D eigenvalue weighted by Gasteiger charge is 2.29. The lowest BCUT2D eigenvalue weighted by atomic mass is 9.70. The van der Waals surface area contributed by atoms with Gasteiger partial charge in [0.15, 0.2) is 5.82 Å². The number of halogens is 2. The van der Waals surface area contributed by atoms with Crippen molar-refractivity contribution in [2.24, 2.45) is 17.3 Å². The van der Waals surface area contributed by atoms with Crippen LogP contribution in [0, 0.1) is 35.8 Å². The van der Waals surface area contributed by atoms with Gasteiger partial charge in [-0.2, -0.15) is 0 Å². The third-order valence-electron chi connectivity index (χ3n) is 4.92. The quantitative estimate of drug-likeness (QED) is 0.772. The molecule has 1 aliphatic rings. The topological polar surface area (TPSA) is 12.0 Å². The molecule has 118 valence electrons. The van der Waals surface area contributed by atoms with Crippen molar-refractivity contribution in [2.45, 2.75) is 53.4 Å². The van der Waals surface area contributed by atoms with Crippen molar-refractivity contribution in [1.82, 2.24) is 0 Å². The van der Waals surface area contributed by atoms with Gasteiger partial charge in [-0.15, -0.1) is 0 Å². The number of anilines is 1. The Morgan fingerprint density at radius 3 is 2.29 bits per heavy atom. The standard InChI is InChI=1S/C18H27F2N/c1-12-5-10-15(19)17(16(12)20)21-11-13-6-8-14(9-7-13)18(2,3)4/h5,10,13-14,21H,6-9,11H2,1-4H3. The average Bonchev–Trinajstić information content (AvgIpc) is 2.43. The van der Waals surface area contributed by atoms with Crippen molar-refractivity contribution in [3.8, 4) is 0 Å². The van der Waals surface area contributed by atoms with E-state index in [2.05, 4.69) is 26.1 Å². The fraction of sp³-hybridized carbons (Fsp3) is 0.667. The molecule has 0 amide bonds. The summed E-state index contributed by atoms with van der Waals surface area (Å²) in [5.41, 5.74) is 0.885. The van der Waals surface area contributed by atoms with Gasteiger partial charge in [0, 0.05) is 6.54 Å². The van der Waals surface area contributed by atoms with Gasteiger partial charge in [-0.1, -0.05) is 26.8 Å². The van der Waals surface area contributed by atoms with E-state index >= 15 is 0 Å². The molecule has 0 heterocycles. The second-order valence-corrected chi connectivity index (χ2v) is 7.52. The summed E-state index contributed by atoms with van der Waals surface area (Å²) < 4.78 is 27.6. The zero-order valence-corrected chi connectivity index (χ0v) is 13.6. The lowest BCUT2D eigenvalue weighted by molar-refractivity contribution is 0.153. The number of hydrogen-bond donors (Lipinski definition) is 1. The minimum Gasteiger partial charge on any atom is -0.380 e. The van der Waals surface area contributed by atoms with Crippen molar-refractivity contribution in [3.63, 3.8) is 0 Å². The van der Waals surface area contributed by atoms with Gasteiger partial charge in [0.1, 0.15) is 11.5 Å². The molecular formula is C18H27F2N. The lowest BCUT2D eigenvalue weighted by Crippen LogP contribution is -2.28. The van der Waals surface area contributed by atoms with Crippen LogP contribution in [0.15, 0.2) is 12.1 Å². The van der Waals surface area contributed by atoms with E-state index in [0.29, 0.717) is 23.4 Å². The highest BCUT2D eigenvalue weighted by molar-refractivity contribution is 5.48. The molecule has 1 fully saturated rings. The highest BCUT2D eigenvalue weighted by atomic mass is 19.1. The molecule has 1 saturated carbocycles. The van der Waals surface area contributed by atoms with E-state index in [1.54, 1.807) is 6.92 Å². The van der Waals surface area contributed by atoms with E-state index in [4.69, 9.17) is 0 Å². The second-order valence-electron chi connectivity index (χ2n) is 7.52. The zero-order chi connectivity index (χ0) is 15.6. The predicted octanol–water partition coefficient (Wildman–Crippen LogP) is 5.54. The maximum atomic E-state index is 13.9. The Bertz CT molecular complexity index is 483. The molecule has 0 bridgehead atoms. The molecule has 0 aromatic heterocycles. The molecular weight excluding hydrogens is 268 g/mol. The molecule has 0 atom stereocenters. The summed E-state index contributed by atoms with van der Waals surface area (Å²) in [6, 6.07) is 2.81. The van der Waals surface area contributed by atoms with E-state index in [-0.39, 0.29) is 5.69 Å². The maximum absolute atomic E-state index is 13.9. The van der Waals surface area contributed by atoms with Crippen molar-refractivity contribution < 1.29 is 8.78 Å². The highest BCUT2D eigenvalue weighted by Crippen LogP contribution is 2.39.